The molecule has 0 saturated heterocycles. The quantitative estimate of drug-likeness (QED) is 0.878. The number of carbonyl (C=O) groups excluding carboxylic acids is 1. The minimum Gasteiger partial charge on any atom is -0.481 e. The van der Waals surface area contributed by atoms with Gasteiger partial charge in [-0.1, -0.05) is 12.1 Å². The first-order valence-corrected chi connectivity index (χ1v) is 8.25. The Kier molecular flexibility index (Phi) is 3.21. The molecule has 4 heteroatoms. The number of benzene rings is 1. The normalized spacial score (nSPS) is 34.3. The molecule has 4 nitrogen and oxygen atoms in total. The zero-order valence-corrected chi connectivity index (χ0v) is 12.5. The van der Waals surface area contributed by atoms with Gasteiger partial charge in [0.1, 0.15) is 0 Å². The van der Waals surface area contributed by atoms with E-state index in [1.165, 1.54) is 19.3 Å². The van der Waals surface area contributed by atoms with E-state index >= 15 is 0 Å². The number of aryl methyl sites for hydroxylation is 1. The summed E-state index contributed by atoms with van der Waals surface area (Å²) in [6.07, 6.45) is 4.68. The van der Waals surface area contributed by atoms with Crippen LogP contribution in [0.15, 0.2) is 24.3 Å². The zero-order valence-electron chi connectivity index (χ0n) is 12.5. The molecular weight excluding hydrogens is 278 g/mol. The fourth-order valence-corrected chi connectivity index (χ4v) is 4.91. The molecule has 1 amide bonds. The Morgan fingerprint density at radius 1 is 1.09 bits per heavy atom. The second-order valence-corrected chi connectivity index (χ2v) is 7.09. The number of anilines is 1. The van der Waals surface area contributed by atoms with E-state index in [1.807, 2.05) is 24.3 Å². The molecular formula is C18H21NO3. The van der Waals surface area contributed by atoms with Gasteiger partial charge in [0.15, 0.2) is 0 Å². The molecule has 4 unspecified atom stereocenters. The lowest BCUT2D eigenvalue weighted by Crippen LogP contribution is -2.18. The molecule has 2 bridgehead atoms. The molecule has 0 heterocycles. The van der Waals surface area contributed by atoms with E-state index in [9.17, 15) is 9.59 Å². The minimum atomic E-state index is -0.785. The van der Waals surface area contributed by atoms with Crippen molar-refractivity contribution in [2.75, 3.05) is 5.32 Å². The van der Waals surface area contributed by atoms with E-state index in [2.05, 4.69) is 5.32 Å². The number of carboxylic acids is 1. The molecule has 116 valence electrons. The van der Waals surface area contributed by atoms with Crippen molar-refractivity contribution >= 4 is 17.6 Å². The number of nitrogens with one attached hydrogen (secondary N) is 1. The molecule has 0 aromatic heterocycles. The average molecular weight is 299 g/mol. The summed E-state index contributed by atoms with van der Waals surface area (Å²) in [6.45, 7) is 0. The molecule has 3 saturated carbocycles. The van der Waals surface area contributed by atoms with Crippen molar-refractivity contribution in [2.45, 2.75) is 32.1 Å². The Morgan fingerprint density at radius 2 is 1.73 bits per heavy atom. The molecule has 0 aliphatic heterocycles. The summed E-state index contributed by atoms with van der Waals surface area (Å²) in [4.78, 5) is 23.0. The molecule has 4 atom stereocenters. The molecule has 0 radical (unpaired) electrons. The third-order valence-electron chi connectivity index (χ3n) is 5.89. The van der Waals surface area contributed by atoms with Crippen molar-refractivity contribution in [1.29, 1.82) is 0 Å². The molecule has 0 spiro atoms. The third kappa shape index (κ3) is 2.31. The van der Waals surface area contributed by atoms with Crippen molar-refractivity contribution in [3.63, 3.8) is 0 Å². The first-order chi connectivity index (χ1) is 10.6. The van der Waals surface area contributed by atoms with Gasteiger partial charge in [-0.3, -0.25) is 9.59 Å². The highest BCUT2D eigenvalue weighted by Crippen LogP contribution is 2.69. The van der Waals surface area contributed by atoms with E-state index in [1.54, 1.807) is 0 Å². The number of carbonyl (C=O) groups is 2. The summed E-state index contributed by atoms with van der Waals surface area (Å²) < 4.78 is 0. The van der Waals surface area contributed by atoms with Gasteiger partial charge in [-0.15, -0.1) is 0 Å². The predicted octanol–water partition coefficient (Wildman–Crippen LogP) is 2.93. The largest absolute Gasteiger partial charge is 0.481 e. The van der Waals surface area contributed by atoms with E-state index in [4.69, 9.17) is 5.11 Å². The maximum absolute atomic E-state index is 12.4. The Bertz CT molecular complexity index is 593. The summed E-state index contributed by atoms with van der Waals surface area (Å²) in [7, 11) is 0. The second-order valence-electron chi connectivity index (χ2n) is 7.09. The summed E-state index contributed by atoms with van der Waals surface area (Å²) >= 11 is 0. The molecule has 3 fully saturated rings. The summed E-state index contributed by atoms with van der Waals surface area (Å²) in [5, 5.41) is 11.7. The third-order valence-corrected chi connectivity index (χ3v) is 5.89. The van der Waals surface area contributed by atoms with Crippen LogP contribution in [0.2, 0.25) is 0 Å². The highest BCUT2D eigenvalue weighted by Gasteiger charge is 2.67. The monoisotopic (exact) mass is 299 g/mol. The summed E-state index contributed by atoms with van der Waals surface area (Å²) in [5.74, 6) is 2.59. The highest BCUT2D eigenvalue weighted by molar-refractivity contribution is 5.95. The van der Waals surface area contributed by atoms with Gasteiger partial charge in [0.05, 0.1) is 0 Å². The van der Waals surface area contributed by atoms with Crippen LogP contribution >= 0.6 is 0 Å². The number of amides is 1. The first kappa shape index (κ1) is 13.8. The molecule has 3 aliphatic rings. The molecule has 4 rings (SSSR count). The lowest BCUT2D eigenvalue weighted by atomic mass is 10.0. The van der Waals surface area contributed by atoms with Crippen LogP contribution in [0.5, 0.6) is 0 Å². The maximum atomic E-state index is 12.4. The van der Waals surface area contributed by atoms with Crippen LogP contribution in [-0.4, -0.2) is 17.0 Å². The van der Waals surface area contributed by atoms with Crippen LogP contribution in [0, 0.1) is 29.6 Å². The maximum Gasteiger partial charge on any atom is 0.303 e. The zero-order chi connectivity index (χ0) is 15.3. The van der Waals surface area contributed by atoms with Gasteiger partial charge in [0.25, 0.3) is 0 Å². The average Bonchev–Trinajstić information content (AvgIpc) is 2.95. The smallest absolute Gasteiger partial charge is 0.303 e. The fraction of sp³-hybridized carbons (Fsp3) is 0.556. The van der Waals surface area contributed by atoms with E-state index in [0.717, 1.165) is 23.1 Å². The first-order valence-electron chi connectivity index (χ1n) is 8.25. The number of hydrogen-bond donors (Lipinski definition) is 2. The standard InChI is InChI=1S/C18H21NO3/c20-14(21)8-3-10-1-6-13(7-2-10)19-18(22)17-15-11-4-5-12(9-11)16(15)17/h1-2,6-7,11-12,15-17H,3-5,8-9H2,(H,19,22)(H,20,21). The van der Waals surface area contributed by atoms with Crippen molar-refractivity contribution < 1.29 is 14.7 Å². The lowest BCUT2D eigenvalue weighted by Gasteiger charge is -2.10. The van der Waals surface area contributed by atoms with Crippen molar-refractivity contribution in [3.05, 3.63) is 29.8 Å². The number of rotatable bonds is 5. The van der Waals surface area contributed by atoms with E-state index < -0.39 is 5.97 Å². The van der Waals surface area contributed by atoms with Gasteiger partial charge in [-0.25, -0.2) is 0 Å². The van der Waals surface area contributed by atoms with Gasteiger partial charge in [0.2, 0.25) is 5.91 Å². The van der Waals surface area contributed by atoms with Gasteiger partial charge in [-0.2, -0.15) is 0 Å². The molecule has 22 heavy (non-hydrogen) atoms. The molecule has 1 aromatic carbocycles. The van der Waals surface area contributed by atoms with E-state index in [0.29, 0.717) is 18.3 Å². The van der Waals surface area contributed by atoms with Gasteiger partial charge in [0, 0.05) is 18.0 Å². The van der Waals surface area contributed by atoms with Crippen molar-refractivity contribution in [2.24, 2.45) is 29.6 Å². The molecule has 3 aliphatic carbocycles. The molecule has 1 aromatic rings. The topological polar surface area (TPSA) is 66.4 Å². The van der Waals surface area contributed by atoms with Gasteiger partial charge >= 0.3 is 5.97 Å². The van der Waals surface area contributed by atoms with Crippen LogP contribution < -0.4 is 5.32 Å². The SMILES string of the molecule is O=C(O)CCc1ccc(NC(=O)C2C3C4CCC(C4)C23)cc1. The number of aliphatic carboxylic acids is 1. The summed E-state index contributed by atoms with van der Waals surface area (Å²) in [6, 6.07) is 7.55. The van der Waals surface area contributed by atoms with Crippen LogP contribution in [0.25, 0.3) is 0 Å². The highest BCUT2D eigenvalue weighted by atomic mass is 16.4. The molecule has 2 N–H and O–H groups in total. The second kappa shape index (κ2) is 5.11. The summed E-state index contributed by atoms with van der Waals surface area (Å²) in [5.41, 5.74) is 1.81. The number of fused-ring (bicyclic) bond motifs is 5. The Morgan fingerprint density at radius 3 is 2.32 bits per heavy atom. The van der Waals surface area contributed by atoms with E-state index in [-0.39, 0.29) is 18.2 Å². The van der Waals surface area contributed by atoms with Crippen LogP contribution in [-0.2, 0) is 16.0 Å². The minimum absolute atomic E-state index is 0.139. The van der Waals surface area contributed by atoms with Crippen LogP contribution in [0.4, 0.5) is 5.69 Å². The van der Waals surface area contributed by atoms with Crippen molar-refractivity contribution in [3.8, 4) is 0 Å². The lowest BCUT2D eigenvalue weighted by molar-refractivity contribution is -0.137. The Labute approximate surface area is 129 Å². The fourth-order valence-electron chi connectivity index (χ4n) is 4.91. The number of hydrogen-bond acceptors (Lipinski definition) is 2. The predicted molar refractivity (Wildman–Crippen MR) is 82.3 cm³/mol. The van der Waals surface area contributed by atoms with Crippen LogP contribution in [0.3, 0.4) is 0 Å². The van der Waals surface area contributed by atoms with Gasteiger partial charge < -0.3 is 10.4 Å². The van der Waals surface area contributed by atoms with Crippen molar-refractivity contribution in [1.82, 2.24) is 0 Å². The Balaban J connectivity index is 1.34. The van der Waals surface area contributed by atoms with Crippen LogP contribution in [0.1, 0.15) is 31.2 Å². The van der Waals surface area contributed by atoms with Gasteiger partial charge in [-0.05, 0) is 67.1 Å². The number of carboxylic acid groups (broad SMARTS) is 1. The Hall–Kier alpha value is -1.84.